The predicted molar refractivity (Wildman–Crippen MR) is 93.7 cm³/mol. The lowest BCUT2D eigenvalue weighted by Gasteiger charge is -2.16. The van der Waals surface area contributed by atoms with Gasteiger partial charge < -0.3 is 10.5 Å². The van der Waals surface area contributed by atoms with Crippen LogP contribution in [-0.4, -0.2) is 44.9 Å². The predicted octanol–water partition coefficient (Wildman–Crippen LogP) is 2.05. The maximum atomic E-state index is 12.8. The van der Waals surface area contributed by atoms with Crippen LogP contribution in [0.15, 0.2) is 29.2 Å². The summed E-state index contributed by atoms with van der Waals surface area (Å²) in [6, 6.07) is 6.65. The number of ether oxygens (including phenoxy) is 1. The fourth-order valence-electron chi connectivity index (χ4n) is 2.84. The van der Waals surface area contributed by atoms with E-state index in [2.05, 4.69) is 0 Å². The van der Waals surface area contributed by atoms with Gasteiger partial charge in [0.25, 0.3) is 0 Å². The highest BCUT2D eigenvalue weighted by Gasteiger charge is 2.32. The summed E-state index contributed by atoms with van der Waals surface area (Å²) in [7, 11) is -3.53. The lowest BCUT2D eigenvalue weighted by Crippen LogP contribution is -2.29. The Morgan fingerprint density at radius 2 is 2.21 bits per heavy atom. The molecule has 0 amide bonds. The number of benzene rings is 1. The topological polar surface area (TPSA) is 89.7 Å². The summed E-state index contributed by atoms with van der Waals surface area (Å²) >= 11 is 1.30. The Morgan fingerprint density at radius 1 is 1.42 bits per heavy atom. The molecule has 0 bridgehead atoms. The molecule has 0 radical (unpaired) electrons. The van der Waals surface area contributed by atoms with Gasteiger partial charge >= 0.3 is 5.97 Å². The number of sulfonamides is 1. The van der Waals surface area contributed by atoms with Gasteiger partial charge in [-0.25, -0.2) is 13.2 Å². The Kier molecular flexibility index (Phi) is 4.91. The molecule has 1 aliphatic rings. The average molecular weight is 368 g/mol. The standard InChI is InChI=1S/C16H20N2O4S2/c1-2-22-16(19)15-8-12-7-13(3-4-14(12)23-15)24(20,21)18-6-5-11(9-17)10-18/h3-4,7-8,11H,2,5-6,9-10,17H2,1H3. The third kappa shape index (κ3) is 3.19. The van der Waals surface area contributed by atoms with Gasteiger partial charge in [0.15, 0.2) is 0 Å². The van der Waals surface area contributed by atoms with Gasteiger partial charge in [0.1, 0.15) is 4.88 Å². The molecule has 1 aliphatic heterocycles. The highest BCUT2D eigenvalue weighted by molar-refractivity contribution is 7.89. The number of carbonyl (C=O) groups is 1. The third-order valence-electron chi connectivity index (χ3n) is 4.18. The number of esters is 1. The van der Waals surface area contributed by atoms with E-state index >= 15 is 0 Å². The van der Waals surface area contributed by atoms with Crippen LogP contribution in [0.4, 0.5) is 0 Å². The Labute approximate surface area is 145 Å². The van der Waals surface area contributed by atoms with Crippen molar-refractivity contribution in [1.82, 2.24) is 4.31 Å². The Hall–Kier alpha value is -1.48. The minimum absolute atomic E-state index is 0.222. The van der Waals surface area contributed by atoms with Crippen LogP contribution in [0.25, 0.3) is 10.1 Å². The molecule has 1 saturated heterocycles. The maximum Gasteiger partial charge on any atom is 0.348 e. The molecule has 3 rings (SSSR count). The average Bonchev–Trinajstić information content (AvgIpc) is 3.21. The maximum absolute atomic E-state index is 12.8. The summed E-state index contributed by atoms with van der Waals surface area (Å²) in [4.78, 5) is 12.6. The van der Waals surface area contributed by atoms with Gasteiger partial charge in [-0.2, -0.15) is 4.31 Å². The van der Waals surface area contributed by atoms with E-state index < -0.39 is 10.0 Å². The van der Waals surface area contributed by atoms with Gasteiger partial charge in [0.2, 0.25) is 10.0 Å². The lowest BCUT2D eigenvalue weighted by atomic mass is 10.1. The van der Waals surface area contributed by atoms with E-state index in [1.807, 2.05) is 0 Å². The molecule has 24 heavy (non-hydrogen) atoms. The zero-order chi connectivity index (χ0) is 17.3. The van der Waals surface area contributed by atoms with Crippen molar-refractivity contribution in [2.24, 2.45) is 11.7 Å². The van der Waals surface area contributed by atoms with Crippen LogP contribution in [0.3, 0.4) is 0 Å². The molecule has 1 unspecified atom stereocenters. The largest absolute Gasteiger partial charge is 0.462 e. The summed E-state index contributed by atoms with van der Waals surface area (Å²) in [6.45, 7) is 3.53. The molecule has 8 heteroatoms. The van der Waals surface area contributed by atoms with Crippen molar-refractivity contribution in [1.29, 1.82) is 0 Å². The van der Waals surface area contributed by atoms with Crippen LogP contribution in [0, 0.1) is 5.92 Å². The van der Waals surface area contributed by atoms with Crippen molar-refractivity contribution in [2.45, 2.75) is 18.2 Å². The molecule has 0 aliphatic carbocycles. The number of fused-ring (bicyclic) bond motifs is 1. The highest BCUT2D eigenvalue weighted by atomic mass is 32.2. The molecule has 1 aromatic heterocycles. The SMILES string of the molecule is CCOC(=O)c1cc2cc(S(=O)(=O)N3CCC(CN)C3)ccc2s1. The first-order valence-electron chi connectivity index (χ1n) is 7.86. The van der Waals surface area contributed by atoms with E-state index in [9.17, 15) is 13.2 Å². The molecule has 2 heterocycles. The number of hydrogen-bond acceptors (Lipinski definition) is 6. The monoisotopic (exact) mass is 368 g/mol. The van der Waals surface area contributed by atoms with E-state index in [1.165, 1.54) is 15.6 Å². The van der Waals surface area contributed by atoms with Crippen molar-refractivity contribution in [2.75, 3.05) is 26.2 Å². The van der Waals surface area contributed by atoms with Crippen molar-refractivity contribution >= 4 is 37.4 Å². The van der Waals surface area contributed by atoms with Crippen LogP contribution in [0.2, 0.25) is 0 Å². The zero-order valence-electron chi connectivity index (χ0n) is 13.4. The van der Waals surface area contributed by atoms with Gasteiger partial charge in [-0.05, 0) is 55.5 Å². The molecule has 130 valence electrons. The summed E-state index contributed by atoms with van der Waals surface area (Å²) in [5, 5.41) is 0.735. The normalized spacial score (nSPS) is 19.0. The van der Waals surface area contributed by atoms with Crippen molar-refractivity contribution in [3.63, 3.8) is 0 Å². The third-order valence-corrected chi connectivity index (χ3v) is 7.14. The van der Waals surface area contributed by atoms with Crippen LogP contribution in [-0.2, 0) is 14.8 Å². The molecule has 6 nitrogen and oxygen atoms in total. The highest BCUT2D eigenvalue weighted by Crippen LogP contribution is 2.30. The van der Waals surface area contributed by atoms with Crippen LogP contribution in [0.5, 0.6) is 0 Å². The van der Waals surface area contributed by atoms with Crippen molar-refractivity contribution < 1.29 is 17.9 Å². The second kappa shape index (κ2) is 6.79. The van der Waals surface area contributed by atoms with Crippen molar-refractivity contribution in [3.05, 3.63) is 29.1 Å². The summed E-state index contributed by atoms with van der Waals surface area (Å²) in [5.41, 5.74) is 5.64. The summed E-state index contributed by atoms with van der Waals surface area (Å²) < 4.78 is 32.9. The lowest BCUT2D eigenvalue weighted by molar-refractivity contribution is 0.0532. The second-order valence-corrected chi connectivity index (χ2v) is 8.81. The zero-order valence-corrected chi connectivity index (χ0v) is 15.0. The number of nitrogens with two attached hydrogens (primary N) is 1. The first kappa shape index (κ1) is 17.3. The molecular formula is C16H20N2O4S2. The minimum atomic E-state index is -3.53. The molecule has 1 fully saturated rings. The number of carbonyl (C=O) groups excluding carboxylic acids is 1. The van der Waals surface area contributed by atoms with Crippen LogP contribution >= 0.6 is 11.3 Å². The summed E-state index contributed by atoms with van der Waals surface area (Å²) in [6.07, 6.45) is 0.795. The van der Waals surface area contributed by atoms with Gasteiger partial charge in [-0.1, -0.05) is 0 Å². The Bertz CT molecular complexity index is 860. The fourth-order valence-corrected chi connectivity index (χ4v) is 5.35. The molecule has 1 aromatic carbocycles. The number of rotatable bonds is 5. The first-order valence-corrected chi connectivity index (χ1v) is 10.1. The van der Waals surface area contributed by atoms with Gasteiger partial charge in [-0.3, -0.25) is 0 Å². The number of hydrogen-bond donors (Lipinski definition) is 1. The number of thiophene rings is 1. The first-order chi connectivity index (χ1) is 11.5. The molecule has 0 saturated carbocycles. The van der Waals surface area contributed by atoms with Crippen LogP contribution in [0.1, 0.15) is 23.0 Å². The van der Waals surface area contributed by atoms with Gasteiger partial charge in [0, 0.05) is 17.8 Å². The molecule has 0 spiro atoms. The second-order valence-electron chi connectivity index (χ2n) is 5.78. The van der Waals surface area contributed by atoms with E-state index in [1.54, 1.807) is 31.2 Å². The Morgan fingerprint density at radius 3 is 2.88 bits per heavy atom. The van der Waals surface area contributed by atoms with Gasteiger partial charge in [0.05, 0.1) is 11.5 Å². The van der Waals surface area contributed by atoms with Gasteiger partial charge in [-0.15, -0.1) is 11.3 Å². The van der Waals surface area contributed by atoms with Crippen molar-refractivity contribution in [3.8, 4) is 0 Å². The smallest absolute Gasteiger partial charge is 0.348 e. The molecule has 1 atom stereocenters. The van der Waals surface area contributed by atoms with E-state index in [-0.39, 0.29) is 16.8 Å². The van der Waals surface area contributed by atoms with Crippen LogP contribution < -0.4 is 5.73 Å². The molecule has 2 N–H and O–H groups in total. The van der Waals surface area contributed by atoms with E-state index in [0.717, 1.165) is 16.5 Å². The summed E-state index contributed by atoms with van der Waals surface area (Å²) in [5.74, 6) is -0.159. The van der Waals surface area contributed by atoms with E-state index in [4.69, 9.17) is 10.5 Å². The number of nitrogens with zero attached hydrogens (tertiary/aromatic N) is 1. The fraction of sp³-hybridized carbons (Fsp3) is 0.438. The quantitative estimate of drug-likeness (QED) is 0.816. The molecular weight excluding hydrogens is 348 g/mol. The van der Waals surface area contributed by atoms with E-state index in [0.29, 0.717) is 31.1 Å². The Balaban J connectivity index is 1.91. The minimum Gasteiger partial charge on any atom is -0.462 e. The molecule has 2 aromatic rings.